The number of rotatable bonds is 9. The highest BCUT2D eigenvalue weighted by Gasteiger charge is 2.35. The second-order valence-corrected chi connectivity index (χ2v) is 10.1. The number of ether oxygens (including phenoxy) is 1. The Morgan fingerprint density at radius 1 is 1.21 bits per heavy atom. The molecule has 10 heteroatoms. The van der Waals surface area contributed by atoms with Crippen LogP contribution in [0.15, 0.2) is 36.4 Å². The summed E-state index contributed by atoms with van der Waals surface area (Å²) in [6.07, 6.45) is 4.30. The summed E-state index contributed by atoms with van der Waals surface area (Å²) in [5.74, 6) is -0.381. The third-order valence-electron chi connectivity index (χ3n) is 5.92. The van der Waals surface area contributed by atoms with E-state index in [-0.39, 0.29) is 29.6 Å². The second-order valence-electron chi connectivity index (χ2n) is 8.21. The predicted molar refractivity (Wildman–Crippen MR) is 126 cm³/mol. The molecule has 0 aromatic heterocycles. The van der Waals surface area contributed by atoms with Crippen molar-refractivity contribution in [2.24, 2.45) is 0 Å². The number of sulfonamides is 1. The van der Waals surface area contributed by atoms with Gasteiger partial charge in [0.05, 0.1) is 24.3 Å². The Morgan fingerprint density at radius 2 is 1.91 bits per heavy atom. The van der Waals surface area contributed by atoms with Crippen LogP contribution < -0.4 is 14.4 Å². The molecular formula is C23H29N3O6S. The number of amides is 1. The number of nitro groups is 1. The zero-order chi connectivity index (χ0) is 24.3. The lowest BCUT2D eigenvalue weighted by Gasteiger charge is -2.31. The number of nitrogens with one attached hydrogen (secondary N) is 1. The third kappa shape index (κ3) is 5.27. The van der Waals surface area contributed by atoms with Gasteiger partial charge in [0.1, 0.15) is 17.5 Å². The molecule has 0 spiro atoms. The molecule has 1 amide bonds. The van der Waals surface area contributed by atoms with E-state index in [4.69, 9.17) is 4.74 Å². The van der Waals surface area contributed by atoms with Crippen LogP contribution in [0.5, 0.6) is 5.75 Å². The molecule has 0 heterocycles. The van der Waals surface area contributed by atoms with Crippen LogP contribution in [0.25, 0.3) is 0 Å². The first kappa shape index (κ1) is 24.5. The maximum absolute atomic E-state index is 13.3. The summed E-state index contributed by atoms with van der Waals surface area (Å²) < 4.78 is 31.7. The number of non-ortho nitro benzene ring substituents is 1. The van der Waals surface area contributed by atoms with Gasteiger partial charge in [-0.25, -0.2) is 8.42 Å². The van der Waals surface area contributed by atoms with Gasteiger partial charge in [0, 0.05) is 12.1 Å². The van der Waals surface area contributed by atoms with Crippen molar-refractivity contribution in [2.45, 2.75) is 51.6 Å². The molecule has 1 N–H and O–H groups in total. The van der Waals surface area contributed by atoms with Crippen LogP contribution in [-0.4, -0.2) is 38.7 Å². The molecular weight excluding hydrogens is 446 g/mol. The van der Waals surface area contributed by atoms with E-state index in [9.17, 15) is 23.3 Å². The summed E-state index contributed by atoms with van der Waals surface area (Å²) in [6.45, 7) is 3.53. The number of aryl methyl sites for hydroxylation is 2. The highest BCUT2D eigenvalue weighted by molar-refractivity contribution is 7.92. The Morgan fingerprint density at radius 3 is 2.52 bits per heavy atom. The van der Waals surface area contributed by atoms with Crippen LogP contribution >= 0.6 is 0 Å². The van der Waals surface area contributed by atoms with E-state index in [1.807, 2.05) is 13.0 Å². The van der Waals surface area contributed by atoms with E-state index in [2.05, 4.69) is 17.4 Å². The lowest BCUT2D eigenvalue weighted by atomic mass is 10.0. The summed E-state index contributed by atoms with van der Waals surface area (Å²) in [5.41, 5.74) is 3.18. The van der Waals surface area contributed by atoms with Gasteiger partial charge in [0.25, 0.3) is 5.69 Å². The van der Waals surface area contributed by atoms with Crippen molar-refractivity contribution in [3.05, 3.63) is 63.2 Å². The van der Waals surface area contributed by atoms with Crippen molar-refractivity contribution in [2.75, 3.05) is 17.7 Å². The van der Waals surface area contributed by atoms with E-state index in [1.165, 1.54) is 30.4 Å². The van der Waals surface area contributed by atoms with Crippen molar-refractivity contribution in [1.29, 1.82) is 0 Å². The van der Waals surface area contributed by atoms with Crippen molar-refractivity contribution < 1.29 is 22.9 Å². The molecule has 33 heavy (non-hydrogen) atoms. The Balaban J connectivity index is 1.94. The number of carbonyl (C=O) groups is 1. The number of hydrogen-bond acceptors (Lipinski definition) is 6. The van der Waals surface area contributed by atoms with Gasteiger partial charge < -0.3 is 10.1 Å². The number of benzene rings is 2. The number of nitro benzene ring substituents is 1. The van der Waals surface area contributed by atoms with E-state index >= 15 is 0 Å². The molecule has 3 rings (SSSR count). The number of anilines is 1. The summed E-state index contributed by atoms with van der Waals surface area (Å²) >= 11 is 0. The lowest BCUT2D eigenvalue weighted by Crippen LogP contribution is -2.49. The highest BCUT2D eigenvalue weighted by atomic mass is 32.2. The lowest BCUT2D eigenvalue weighted by molar-refractivity contribution is -0.384. The number of nitrogens with zero attached hydrogens (tertiary/aromatic N) is 2. The zero-order valence-electron chi connectivity index (χ0n) is 19.2. The molecule has 0 radical (unpaired) electrons. The van der Waals surface area contributed by atoms with Crippen molar-refractivity contribution >= 4 is 27.3 Å². The first-order valence-electron chi connectivity index (χ1n) is 10.8. The monoisotopic (exact) mass is 475 g/mol. The molecule has 0 aliphatic heterocycles. The summed E-state index contributed by atoms with van der Waals surface area (Å²) in [7, 11) is -2.65. The number of fused-ring (bicyclic) bond motifs is 1. The minimum atomic E-state index is -3.99. The molecule has 178 valence electrons. The summed E-state index contributed by atoms with van der Waals surface area (Å²) in [4.78, 5) is 24.0. The molecule has 0 unspecified atom stereocenters. The molecule has 1 aliphatic carbocycles. The van der Waals surface area contributed by atoms with Gasteiger partial charge in [-0.05, 0) is 55.4 Å². The van der Waals surface area contributed by atoms with E-state index in [0.29, 0.717) is 0 Å². The van der Waals surface area contributed by atoms with Crippen LogP contribution in [-0.2, 0) is 27.7 Å². The van der Waals surface area contributed by atoms with Crippen molar-refractivity contribution in [3.8, 4) is 5.75 Å². The molecule has 2 aromatic carbocycles. The van der Waals surface area contributed by atoms with Crippen LogP contribution in [0, 0.1) is 10.1 Å². The largest absolute Gasteiger partial charge is 0.495 e. The fourth-order valence-electron chi connectivity index (χ4n) is 4.25. The summed E-state index contributed by atoms with van der Waals surface area (Å²) in [6, 6.07) is 8.34. The van der Waals surface area contributed by atoms with E-state index in [0.717, 1.165) is 41.5 Å². The summed E-state index contributed by atoms with van der Waals surface area (Å²) in [5, 5.41) is 14.2. The highest BCUT2D eigenvalue weighted by Crippen LogP contribution is 2.36. The molecule has 1 aliphatic rings. The van der Waals surface area contributed by atoms with Gasteiger partial charge in [0.15, 0.2) is 0 Å². The normalized spacial score (nSPS) is 14.8. The van der Waals surface area contributed by atoms with Crippen molar-refractivity contribution in [3.63, 3.8) is 0 Å². The Hall–Kier alpha value is -3.14. The van der Waals surface area contributed by atoms with Crippen molar-refractivity contribution in [1.82, 2.24) is 5.32 Å². The number of carbonyl (C=O) groups excluding carboxylic acids is 1. The molecule has 0 saturated carbocycles. The van der Waals surface area contributed by atoms with Crippen LogP contribution in [0.2, 0.25) is 0 Å². The Bertz CT molecular complexity index is 1160. The standard InChI is InChI=1S/C23H29N3O6S/c1-5-20(23(27)24-15(2)17-10-9-16-7-6-8-18(16)13-17)25(33(4,30)31)21-14-19(26(28)29)11-12-22(21)32-3/h9-15,20H,5-8H2,1-4H3,(H,24,27)/t15-,20+/m0/s1. The molecule has 0 saturated heterocycles. The molecule has 2 atom stereocenters. The maximum atomic E-state index is 13.3. The predicted octanol–water partition coefficient (Wildman–Crippen LogP) is 3.51. The minimum Gasteiger partial charge on any atom is -0.495 e. The molecule has 0 fully saturated rings. The van der Waals surface area contributed by atoms with Gasteiger partial charge in [-0.1, -0.05) is 25.1 Å². The second kappa shape index (κ2) is 9.78. The quantitative estimate of drug-likeness (QED) is 0.438. The van der Waals surface area contributed by atoms with E-state index < -0.39 is 26.9 Å². The Labute approximate surface area is 193 Å². The molecule has 2 aromatic rings. The topological polar surface area (TPSA) is 119 Å². The average Bonchev–Trinajstić information content (AvgIpc) is 3.23. The van der Waals surface area contributed by atoms with Crippen LogP contribution in [0.1, 0.15) is 49.4 Å². The SMILES string of the molecule is CC[C@H](C(=O)N[C@@H](C)c1ccc2c(c1)CCC2)N(c1cc([N+](=O)[O-])ccc1OC)S(C)(=O)=O. The number of methoxy groups -OCH3 is 1. The van der Waals surface area contributed by atoms with Gasteiger partial charge in [-0.3, -0.25) is 19.2 Å². The third-order valence-corrected chi connectivity index (χ3v) is 7.09. The van der Waals surface area contributed by atoms with Gasteiger partial charge in [-0.15, -0.1) is 0 Å². The van der Waals surface area contributed by atoms with Gasteiger partial charge in [0.2, 0.25) is 15.9 Å². The fraction of sp³-hybridized carbons (Fsp3) is 0.435. The van der Waals surface area contributed by atoms with Crippen LogP contribution in [0.3, 0.4) is 0 Å². The minimum absolute atomic E-state index is 0.0543. The fourth-order valence-corrected chi connectivity index (χ4v) is 5.46. The Kier molecular flexibility index (Phi) is 7.26. The van der Waals surface area contributed by atoms with Crippen LogP contribution in [0.4, 0.5) is 11.4 Å². The first-order chi connectivity index (χ1) is 15.6. The van der Waals surface area contributed by atoms with Gasteiger partial charge >= 0.3 is 0 Å². The zero-order valence-corrected chi connectivity index (χ0v) is 20.0. The maximum Gasteiger partial charge on any atom is 0.271 e. The van der Waals surface area contributed by atoms with Gasteiger partial charge in [-0.2, -0.15) is 0 Å². The van der Waals surface area contributed by atoms with E-state index in [1.54, 1.807) is 6.92 Å². The molecule has 0 bridgehead atoms. The number of hydrogen-bond donors (Lipinski definition) is 1. The molecule has 9 nitrogen and oxygen atoms in total. The smallest absolute Gasteiger partial charge is 0.271 e. The average molecular weight is 476 g/mol. The first-order valence-corrected chi connectivity index (χ1v) is 12.7.